The molecule has 0 aliphatic heterocycles. The number of carboxylic acids is 1. The summed E-state index contributed by atoms with van der Waals surface area (Å²) in [5.41, 5.74) is 0.213. The molecule has 2 aromatic carbocycles. The molecule has 7 heteroatoms. The van der Waals surface area contributed by atoms with Crippen LogP contribution in [-0.2, 0) is 0 Å². The number of carbonyl (C=O) groups is 1. The fraction of sp³-hybridized carbons (Fsp3) is 0. The first-order valence-corrected chi connectivity index (χ1v) is 5.16. The van der Waals surface area contributed by atoms with E-state index in [2.05, 4.69) is 25.3 Å². The maximum absolute atomic E-state index is 10.9. The first kappa shape index (κ1) is 22.2. The van der Waals surface area contributed by atoms with Gasteiger partial charge < -0.3 is 9.39 Å². The van der Waals surface area contributed by atoms with Crippen molar-refractivity contribution in [2.75, 3.05) is 0 Å². The number of aromatic carboxylic acids is 1. The van der Waals surface area contributed by atoms with Crippen molar-refractivity contribution in [1.82, 2.24) is 0 Å². The van der Waals surface area contributed by atoms with Crippen LogP contribution < -0.4 is 88.7 Å². The van der Waals surface area contributed by atoms with Gasteiger partial charge >= 0.3 is 94.6 Å². The molecule has 0 aromatic heterocycles. The van der Waals surface area contributed by atoms with Gasteiger partial charge in [0, 0.05) is 9.79 Å². The van der Waals surface area contributed by atoms with E-state index in [0.29, 0.717) is 4.90 Å². The zero-order valence-corrected chi connectivity index (χ0v) is 18.4. The Morgan fingerprint density at radius 3 is 2.17 bits per heavy atom. The van der Waals surface area contributed by atoms with Gasteiger partial charge in [0.15, 0.2) is 0 Å². The molecule has 0 radical (unpaired) electrons. The summed E-state index contributed by atoms with van der Waals surface area (Å²) in [4.78, 5) is 12.2. The minimum atomic E-state index is -0.966. The van der Waals surface area contributed by atoms with Crippen LogP contribution in [0.15, 0.2) is 40.1 Å². The molecule has 0 saturated carbocycles. The summed E-state index contributed by atoms with van der Waals surface area (Å²) in [6.45, 7) is 0. The molecule has 0 aliphatic rings. The Hall–Kier alpha value is 1.87. The average molecular weight is 308 g/mol. The summed E-state index contributed by atoms with van der Waals surface area (Å²) in [6, 6.07) is 8.94. The van der Waals surface area contributed by atoms with Crippen molar-refractivity contribution in [2.24, 2.45) is 0 Å². The zero-order chi connectivity index (χ0) is 11.0. The Labute approximate surface area is 187 Å². The second-order valence-electron chi connectivity index (χ2n) is 3.21. The van der Waals surface area contributed by atoms with E-state index in [4.69, 9.17) is 5.11 Å². The maximum Gasteiger partial charge on any atom is 1.00 e. The van der Waals surface area contributed by atoms with Crippen molar-refractivity contribution in [2.45, 2.75) is 9.79 Å². The van der Waals surface area contributed by atoms with Crippen molar-refractivity contribution in [3.63, 3.8) is 0 Å². The summed E-state index contributed by atoms with van der Waals surface area (Å²) in [6.07, 6.45) is 0. The van der Waals surface area contributed by atoms with E-state index in [0.717, 1.165) is 15.7 Å². The SMILES string of the molecule is O=C(O)c1cc2cc(S)ccc2cc1S.[H-].[H-].[H-].[Na+].[Na+].[Na+]. The van der Waals surface area contributed by atoms with E-state index in [1.165, 1.54) is 0 Å². The molecule has 0 heterocycles. The van der Waals surface area contributed by atoms with Crippen molar-refractivity contribution >= 4 is 42.0 Å². The second-order valence-corrected chi connectivity index (χ2v) is 4.20. The Morgan fingerprint density at radius 2 is 1.61 bits per heavy atom. The van der Waals surface area contributed by atoms with Crippen LogP contribution in [0.1, 0.15) is 14.6 Å². The Kier molecular flexibility index (Phi) is 12.0. The van der Waals surface area contributed by atoms with Gasteiger partial charge in [0.25, 0.3) is 0 Å². The van der Waals surface area contributed by atoms with E-state index >= 15 is 0 Å². The molecule has 0 spiro atoms. The normalized spacial score (nSPS) is 8.78. The number of fused-ring (bicyclic) bond motifs is 1. The van der Waals surface area contributed by atoms with Crippen molar-refractivity contribution in [3.05, 3.63) is 35.9 Å². The first-order chi connectivity index (χ1) is 7.08. The summed E-state index contributed by atoms with van der Waals surface area (Å²) in [7, 11) is 0. The standard InChI is InChI=1S/C11H8O2S2.3Na.3H/c12-11(13)9-4-7-3-8(14)2-1-6(7)5-10(9)15;;;;;;/h1-5,14-15H,(H,12,13);;;;;;/q;3*+1;3*-1. The molecule has 0 atom stereocenters. The van der Waals surface area contributed by atoms with Crippen LogP contribution in [-0.4, -0.2) is 11.1 Å². The van der Waals surface area contributed by atoms with Crippen LogP contribution in [0.2, 0.25) is 0 Å². The van der Waals surface area contributed by atoms with Gasteiger partial charge in [0.2, 0.25) is 0 Å². The summed E-state index contributed by atoms with van der Waals surface area (Å²) < 4.78 is 0. The maximum atomic E-state index is 10.9. The number of benzene rings is 2. The number of thiol groups is 2. The molecule has 0 saturated heterocycles. The molecule has 82 valence electrons. The average Bonchev–Trinajstić information content (AvgIpc) is 2.17. The van der Waals surface area contributed by atoms with Crippen molar-refractivity contribution < 1.29 is 103 Å². The van der Waals surface area contributed by atoms with Crippen LogP contribution in [0.25, 0.3) is 10.8 Å². The fourth-order valence-electron chi connectivity index (χ4n) is 1.44. The Morgan fingerprint density at radius 1 is 1.00 bits per heavy atom. The molecule has 1 N–H and O–H groups in total. The third-order valence-electron chi connectivity index (χ3n) is 2.17. The smallest absolute Gasteiger partial charge is 1.00 e. The molecule has 2 nitrogen and oxygen atoms in total. The Bertz CT molecular complexity index is 574. The molecular weight excluding hydrogens is 297 g/mol. The van der Waals surface area contributed by atoms with Gasteiger partial charge in [-0.15, -0.1) is 25.3 Å². The fourth-order valence-corrected chi connectivity index (χ4v) is 1.96. The molecule has 2 rings (SSSR count). The zero-order valence-electron chi connectivity index (χ0n) is 13.6. The van der Waals surface area contributed by atoms with Gasteiger partial charge in [-0.05, 0) is 35.0 Å². The van der Waals surface area contributed by atoms with Crippen molar-refractivity contribution in [1.29, 1.82) is 0 Å². The van der Waals surface area contributed by atoms with Gasteiger partial charge in [-0.2, -0.15) is 0 Å². The first-order valence-electron chi connectivity index (χ1n) is 4.27. The van der Waals surface area contributed by atoms with Gasteiger partial charge in [-0.25, -0.2) is 4.79 Å². The topological polar surface area (TPSA) is 37.3 Å². The predicted molar refractivity (Wildman–Crippen MR) is 68.7 cm³/mol. The van der Waals surface area contributed by atoms with Crippen LogP contribution >= 0.6 is 25.3 Å². The number of hydrogen-bond acceptors (Lipinski definition) is 3. The number of hydrogen-bond donors (Lipinski definition) is 3. The van der Waals surface area contributed by atoms with E-state index in [-0.39, 0.29) is 98.5 Å². The molecule has 0 unspecified atom stereocenters. The summed E-state index contributed by atoms with van der Waals surface area (Å²) in [5, 5.41) is 10.7. The minimum Gasteiger partial charge on any atom is -1.00 e. The Balaban J connectivity index is -0.000000142. The third-order valence-corrected chi connectivity index (χ3v) is 2.82. The van der Waals surface area contributed by atoms with E-state index in [1.54, 1.807) is 12.1 Å². The van der Waals surface area contributed by atoms with Crippen LogP contribution in [0.5, 0.6) is 0 Å². The molecule has 18 heavy (non-hydrogen) atoms. The van der Waals surface area contributed by atoms with Gasteiger partial charge in [0.1, 0.15) is 0 Å². The largest absolute Gasteiger partial charge is 1.00 e. The molecule has 0 bridgehead atoms. The minimum absolute atomic E-state index is 0. The van der Waals surface area contributed by atoms with Crippen molar-refractivity contribution in [3.8, 4) is 0 Å². The van der Waals surface area contributed by atoms with Crippen LogP contribution in [0.3, 0.4) is 0 Å². The summed E-state index contributed by atoms with van der Waals surface area (Å²) in [5.74, 6) is -0.966. The van der Waals surface area contributed by atoms with Gasteiger partial charge in [-0.1, -0.05) is 6.07 Å². The summed E-state index contributed by atoms with van der Waals surface area (Å²) >= 11 is 8.34. The van der Waals surface area contributed by atoms with Crippen LogP contribution in [0.4, 0.5) is 0 Å². The number of rotatable bonds is 1. The predicted octanol–water partition coefficient (Wildman–Crippen LogP) is -5.54. The second kappa shape index (κ2) is 9.74. The molecular formula is C11H11Na3O2S2. The third kappa shape index (κ3) is 5.34. The number of carboxylic acid groups (broad SMARTS) is 1. The molecule has 0 aliphatic carbocycles. The monoisotopic (exact) mass is 308 g/mol. The molecule has 0 amide bonds. The van der Waals surface area contributed by atoms with Crippen LogP contribution in [0, 0.1) is 0 Å². The van der Waals surface area contributed by atoms with E-state index in [9.17, 15) is 4.79 Å². The molecule has 0 fully saturated rings. The quantitative estimate of drug-likeness (QED) is 0.363. The van der Waals surface area contributed by atoms with Gasteiger partial charge in [-0.3, -0.25) is 0 Å². The molecule has 2 aromatic rings. The van der Waals surface area contributed by atoms with E-state index in [1.807, 2.05) is 18.2 Å². The van der Waals surface area contributed by atoms with E-state index < -0.39 is 5.97 Å². The van der Waals surface area contributed by atoms with Gasteiger partial charge in [0.05, 0.1) is 5.56 Å².